The quantitative estimate of drug-likeness (QED) is 0.851. The molecule has 0 unspecified atom stereocenters. The molecule has 2 N–H and O–H groups in total. The van der Waals surface area contributed by atoms with Crippen LogP contribution in [0.3, 0.4) is 0 Å². The number of nitrogens with zero attached hydrogens (tertiary/aromatic N) is 2. The summed E-state index contributed by atoms with van der Waals surface area (Å²) in [5.74, 6) is 0.784. The third kappa shape index (κ3) is 5.79. The van der Waals surface area contributed by atoms with E-state index in [1.807, 2.05) is 32.9 Å². The second kappa shape index (κ2) is 7.26. The summed E-state index contributed by atoms with van der Waals surface area (Å²) in [6, 6.07) is 4.32. The van der Waals surface area contributed by atoms with Crippen LogP contribution in [0.25, 0.3) is 0 Å². The molecule has 0 bridgehead atoms. The highest BCUT2D eigenvalue weighted by Gasteiger charge is 2.24. The summed E-state index contributed by atoms with van der Waals surface area (Å²) in [6.07, 6.45) is 3.50. The summed E-state index contributed by atoms with van der Waals surface area (Å²) in [6.45, 7) is 5.60. The Hall–Kier alpha value is -1.37. The van der Waals surface area contributed by atoms with Gasteiger partial charge in [0.05, 0.1) is 0 Å². The van der Waals surface area contributed by atoms with Crippen LogP contribution < -0.4 is 10.6 Å². The number of nitrogens with one attached hydrogen (secondary N) is 2. The standard InChI is InChI=1S/C15H23BrN4O2/c1-15(2,3)22-14(21)18-11-6-4-10(5-7-11)17-13-9-8-12(16)19-20-13/h8-11H,4-7H2,1-3H3,(H,17,20)(H,18,21). The highest BCUT2D eigenvalue weighted by atomic mass is 79.9. The van der Waals surface area contributed by atoms with Gasteiger partial charge in [0.25, 0.3) is 0 Å². The molecule has 0 radical (unpaired) electrons. The molecular formula is C15H23BrN4O2. The topological polar surface area (TPSA) is 76.1 Å². The Balaban J connectivity index is 1.73. The summed E-state index contributed by atoms with van der Waals surface area (Å²) in [4.78, 5) is 11.8. The minimum atomic E-state index is -0.455. The molecule has 122 valence electrons. The van der Waals surface area contributed by atoms with E-state index in [1.54, 1.807) is 0 Å². The number of alkyl carbamates (subject to hydrolysis) is 1. The molecule has 1 heterocycles. The summed E-state index contributed by atoms with van der Waals surface area (Å²) in [5.41, 5.74) is -0.455. The number of ether oxygens (including phenoxy) is 1. The van der Waals surface area contributed by atoms with Gasteiger partial charge < -0.3 is 15.4 Å². The number of carbonyl (C=O) groups is 1. The molecule has 0 spiro atoms. The van der Waals surface area contributed by atoms with Crippen LogP contribution in [0.15, 0.2) is 16.7 Å². The number of anilines is 1. The van der Waals surface area contributed by atoms with Crippen LogP contribution in [0, 0.1) is 0 Å². The number of halogens is 1. The van der Waals surface area contributed by atoms with Crippen LogP contribution in [0.4, 0.5) is 10.6 Å². The Morgan fingerprint density at radius 3 is 2.36 bits per heavy atom. The van der Waals surface area contributed by atoms with Crippen molar-refractivity contribution < 1.29 is 9.53 Å². The van der Waals surface area contributed by atoms with E-state index in [0.29, 0.717) is 6.04 Å². The second-order valence-corrected chi connectivity index (χ2v) is 7.39. The van der Waals surface area contributed by atoms with Gasteiger partial charge in [-0.1, -0.05) is 0 Å². The SMILES string of the molecule is CC(C)(C)OC(=O)NC1CCC(Nc2ccc(Br)nn2)CC1. The first-order valence-electron chi connectivity index (χ1n) is 7.57. The number of rotatable bonds is 3. The molecule has 0 aliphatic heterocycles. The van der Waals surface area contributed by atoms with Crippen LogP contribution in [0.2, 0.25) is 0 Å². The second-order valence-electron chi connectivity index (χ2n) is 6.58. The molecule has 0 aromatic carbocycles. The van der Waals surface area contributed by atoms with Crippen molar-refractivity contribution in [3.05, 3.63) is 16.7 Å². The highest BCUT2D eigenvalue weighted by Crippen LogP contribution is 2.22. The van der Waals surface area contributed by atoms with Gasteiger partial charge in [-0.25, -0.2) is 4.79 Å². The Bertz CT molecular complexity index is 493. The van der Waals surface area contributed by atoms with Crippen molar-refractivity contribution in [2.75, 3.05) is 5.32 Å². The Labute approximate surface area is 139 Å². The maximum absolute atomic E-state index is 11.8. The van der Waals surface area contributed by atoms with Crippen molar-refractivity contribution in [3.63, 3.8) is 0 Å². The normalized spacial score (nSPS) is 22.0. The lowest BCUT2D eigenvalue weighted by Crippen LogP contribution is -2.42. The first kappa shape index (κ1) is 17.0. The van der Waals surface area contributed by atoms with E-state index in [2.05, 4.69) is 36.8 Å². The van der Waals surface area contributed by atoms with E-state index in [0.717, 1.165) is 36.1 Å². The molecule has 1 aliphatic carbocycles. The summed E-state index contributed by atoms with van der Waals surface area (Å²) < 4.78 is 6.01. The zero-order valence-electron chi connectivity index (χ0n) is 13.2. The lowest BCUT2D eigenvalue weighted by atomic mass is 9.91. The Kier molecular flexibility index (Phi) is 5.61. The van der Waals surface area contributed by atoms with E-state index in [4.69, 9.17) is 4.74 Å². The van der Waals surface area contributed by atoms with Gasteiger partial charge in [-0.05, 0) is 74.5 Å². The van der Waals surface area contributed by atoms with E-state index in [1.165, 1.54) is 0 Å². The number of hydrogen-bond donors (Lipinski definition) is 2. The van der Waals surface area contributed by atoms with Crippen molar-refractivity contribution in [2.45, 2.75) is 64.1 Å². The summed E-state index contributed by atoms with van der Waals surface area (Å²) in [7, 11) is 0. The number of aromatic nitrogens is 2. The van der Waals surface area contributed by atoms with E-state index >= 15 is 0 Å². The molecule has 1 amide bonds. The fourth-order valence-corrected chi connectivity index (χ4v) is 2.67. The van der Waals surface area contributed by atoms with Crippen LogP contribution in [0.5, 0.6) is 0 Å². The Morgan fingerprint density at radius 1 is 1.18 bits per heavy atom. The van der Waals surface area contributed by atoms with Crippen molar-refractivity contribution in [1.82, 2.24) is 15.5 Å². The molecule has 1 saturated carbocycles. The van der Waals surface area contributed by atoms with E-state index < -0.39 is 5.60 Å². The lowest BCUT2D eigenvalue weighted by Gasteiger charge is -2.30. The van der Waals surface area contributed by atoms with Gasteiger partial charge in [-0.15, -0.1) is 10.2 Å². The van der Waals surface area contributed by atoms with Gasteiger partial charge in [-0.3, -0.25) is 0 Å². The molecule has 1 aromatic heterocycles. The molecule has 6 nitrogen and oxygen atoms in total. The van der Waals surface area contributed by atoms with Crippen LogP contribution in [-0.2, 0) is 4.74 Å². The van der Waals surface area contributed by atoms with Crippen molar-refractivity contribution in [3.8, 4) is 0 Å². The number of amides is 1. The molecule has 1 fully saturated rings. The maximum atomic E-state index is 11.8. The molecular weight excluding hydrogens is 348 g/mol. The number of carbonyl (C=O) groups excluding carboxylic acids is 1. The molecule has 0 atom stereocenters. The third-order valence-corrected chi connectivity index (χ3v) is 3.85. The third-order valence-electron chi connectivity index (χ3n) is 3.43. The van der Waals surface area contributed by atoms with Crippen LogP contribution in [-0.4, -0.2) is 34.0 Å². The fraction of sp³-hybridized carbons (Fsp3) is 0.667. The smallest absolute Gasteiger partial charge is 0.407 e. The van der Waals surface area contributed by atoms with Gasteiger partial charge >= 0.3 is 6.09 Å². The molecule has 1 aromatic rings. The van der Waals surface area contributed by atoms with Crippen LogP contribution >= 0.6 is 15.9 Å². The predicted octanol–water partition coefficient (Wildman–Crippen LogP) is 3.49. The monoisotopic (exact) mass is 370 g/mol. The average Bonchev–Trinajstić information content (AvgIpc) is 2.41. The molecule has 22 heavy (non-hydrogen) atoms. The van der Waals surface area contributed by atoms with E-state index in [-0.39, 0.29) is 12.1 Å². The largest absolute Gasteiger partial charge is 0.444 e. The van der Waals surface area contributed by atoms with Crippen molar-refractivity contribution in [2.24, 2.45) is 0 Å². The zero-order valence-corrected chi connectivity index (χ0v) is 14.8. The van der Waals surface area contributed by atoms with Gasteiger partial charge in [0.2, 0.25) is 0 Å². The molecule has 0 saturated heterocycles. The van der Waals surface area contributed by atoms with Gasteiger partial charge in [0.1, 0.15) is 16.0 Å². The predicted molar refractivity (Wildman–Crippen MR) is 88.8 cm³/mol. The van der Waals surface area contributed by atoms with Gasteiger partial charge in [-0.2, -0.15) is 0 Å². The minimum Gasteiger partial charge on any atom is -0.444 e. The summed E-state index contributed by atoms with van der Waals surface area (Å²) >= 11 is 3.27. The van der Waals surface area contributed by atoms with Crippen molar-refractivity contribution in [1.29, 1.82) is 0 Å². The first-order chi connectivity index (χ1) is 10.3. The average molecular weight is 371 g/mol. The highest BCUT2D eigenvalue weighted by molar-refractivity contribution is 9.10. The molecule has 2 rings (SSSR count). The first-order valence-corrected chi connectivity index (χ1v) is 8.36. The van der Waals surface area contributed by atoms with E-state index in [9.17, 15) is 4.79 Å². The number of hydrogen-bond acceptors (Lipinski definition) is 5. The van der Waals surface area contributed by atoms with Gasteiger partial charge in [0, 0.05) is 12.1 Å². The minimum absolute atomic E-state index is 0.184. The molecule has 7 heteroatoms. The van der Waals surface area contributed by atoms with Crippen LogP contribution in [0.1, 0.15) is 46.5 Å². The Morgan fingerprint density at radius 2 is 1.82 bits per heavy atom. The molecule has 1 aliphatic rings. The van der Waals surface area contributed by atoms with Crippen molar-refractivity contribution >= 4 is 27.8 Å². The zero-order chi connectivity index (χ0) is 16.2. The fourth-order valence-electron chi connectivity index (χ4n) is 2.46. The lowest BCUT2D eigenvalue weighted by molar-refractivity contribution is 0.0492. The maximum Gasteiger partial charge on any atom is 0.407 e. The van der Waals surface area contributed by atoms with Gasteiger partial charge in [0.15, 0.2) is 0 Å². The summed E-state index contributed by atoms with van der Waals surface area (Å²) in [5, 5.41) is 14.4.